The molecule has 1 aliphatic rings. The van der Waals surface area contributed by atoms with Crippen molar-refractivity contribution in [3.8, 4) is 0 Å². The van der Waals surface area contributed by atoms with Crippen LogP contribution >= 0.6 is 11.6 Å². The van der Waals surface area contributed by atoms with Gasteiger partial charge in [-0.3, -0.25) is 14.6 Å². The average molecular weight is 346 g/mol. The van der Waals surface area contributed by atoms with Crippen molar-refractivity contribution in [1.82, 2.24) is 10.3 Å². The van der Waals surface area contributed by atoms with Crippen molar-refractivity contribution < 1.29 is 14.7 Å². The van der Waals surface area contributed by atoms with E-state index < -0.39 is 12.0 Å². The van der Waals surface area contributed by atoms with E-state index in [2.05, 4.69) is 10.3 Å². The zero-order chi connectivity index (χ0) is 17.1. The quantitative estimate of drug-likeness (QED) is 0.883. The molecule has 1 fully saturated rings. The number of carbonyl (C=O) groups excluding carboxylic acids is 2. The van der Waals surface area contributed by atoms with Crippen LogP contribution in [0.2, 0.25) is 5.02 Å². The highest BCUT2D eigenvalue weighted by molar-refractivity contribution is 6.33. The number of halogens is 1. The molecule has 2 N–H and O–H groups in total. The summed E-state index contributed by atoms with van der Waals surface area (Å²) in [6.45, 7) is 0.314. The van der Waals surface area contributed by atoms with Crippen LogP contribution in [0.15, 0.2) is 48.8 Å². The van der Waals surface area contributed by atoms with Gasteiger partial charge in [-0.25, -0.2) is 0 Å². The van der Waals surface area contributed by atoms with Crippen molar-refractivity contribution in [3.63, 3.8) is 0 Å². The molecule has 0 radical (unpaired) electrons. The summed E-state index contributed by atoms with van der Waals surface area (Å²) in [5, 5.41) is 13.3. The minimum atomic E-state index is -1.32. The smallest absolute Gasteiger partial charge is 0.253 e. The highest BCUT2D eigenvalue weighted by atomic mass is 35.5. The Morgan fingerprint density at radius 1 is 1.33 bits per heavy atom. The fraction of sp³-hybridized carbons (Fsp3) is 0.235. The van der Waals surface area contributed by atoms with E-state index in [1.54, 1.807) is 47.5 Å². The first-order chi connectivity index (χ1) is 11.6. The highest BCUT2D eigenvalue weighted by Gasteiger charge is 2.33. The van der Waals surface area contributed by atoms with Crippen LogP contribution in [0.5, 0.6) is 0 Å². The predicted molar refractivity (Wildman–Crippen MR) is 89.5 cm³/mol. The number of carbonyl (C=O) groups is 2. The van der Waals surface area contributed by atoms with Gasteiger partial charge >= 0.3 is 0 Å². The number of aromatic nitrogens is 1. The second-order valence-corrected chi connectivity index (χ2v) is 5.96. The maximum absolute atomic E-state index is 12.2. The molecule has 0 saturated carbocycles. The lowest BCUT2D eigenvalue weighted by Gasteiger charge is -2.19. The molecule has 1 aromatic heterocycles. The van der Waals surface area contributed by atoms with Gasteiger partial charge in [-0.2, -0.15) is 0 Å². The summed E-state index contributed by atoms with van der Waals surface area (Å²) in [5.41, 5.74) is 1.02. The number of amides is 2. The van der Waals surface area contributed by atoms with Crippen molar-refractivity contribution in [2.75, 3.05) is 11.4 Å². The van der Waals surface area contributed by atoms with Gasteiger partial charge in [0.25, 0.3) is 5.91 Å². The molecule has 0 aliphatic carbocycles. The van der Waals surface area contributed by atoms with Crippen LogP contribution in [-0.2, 0) is 9.59 Å². The second-order valence-electron chi connectivity index (χ2n) is 5.55. The normalized spacial score (nSPS) is 18.5. The standard InChI is InChI=1S/C17H16ClN3O3/c18-13-5-1-2-6-14(13)21-10-12(8-15(21)22)20-17(24)16(23)11-4-3-7-19-9-11/h1-7,9,12,16,23H,8,10H2,(H,20,24). The summed E-state index contributed by atoms with van der Waals surface area (Å²) in [6, 6.07) is 9.93. The van der Waals surface area contributed by atoms with Gasteiger partial charge in [0.2, 0.25) is 5.91 Å². The monoisotopic (exact) mass is 345 g/mol. The molecule has 1 aromatic carbocycles. The molecule has 0 bridgehead atoms. The van der Waals surface area contributed by atoms with Crippen LogP contribution in [0.4, 0.5) is 5.69 Å². The number of nitrogens with one attached hydrogen (secondary N) is 1. The molecule has 124 valence electrons. The van der Waals surface area contributed by atoms with Gasteiger partial charge in [0, 0.05) is 30.9 Å². The largest absolute Gasteiger partial charge is 0.378 e. The first-order valence-corrected chi connectivity index (χ1v) is 7.87. The Bertz CT molecular complexity index is 754. The number of hydrogen-bond acceptors (Lipinski definition) is 4. The number of para-hydroxylation sites is 1. The Labute approximate surface area is 144 Å². The third-order valence-electron chi connectivity index (χ3n) is 3.86. The molecular weight excluding hydrogens is 330 g/mol. The molecule has 24 heavy (non-hydrogen) atoms. The van der Waals surface area contributed by atoms with E-state index in [1.165, 1.54) is 6.20 Å². The van der Waals surface area contributed by atoms with Crippen molar-refractivity contribution in [2.24, 2.45) is 0 Å². The van der Waals surface area contributed by atoms with Crippen LogP contribution < -0.4 is 10.2 Å². The number of rotatable bonds is 4. The SMILES string of the molecule is O=C(NC1CC(=O)N(c2ccccc2Cl)C1)C(O)c1cccnc1. The van der Waals surface area contributed by atoms with E-state index in [0.29, 0.717) is 22.8 Å². The van der Waals surface area contributed by atoms with Gasteiger partial charge in [-0.05, 0) is 18.2 Å². The van der Waals surface area contributed by atoms with Crippen LogP contribution in [0.3, 0.4) is 0 Å². The Morgan fingerprint density at radius 3 is 2.83 bits per heavy atom. The molecule has 2 amide bonds. The zero-order valence-electron chi connectivity index (χ0n) is 12.7. The fourth-order valence-corrected chi connectivity index (χ4v) is 2.91. The Morgan fingerprint density at radius 2 is 2.12 bits per heavy atom. The third kappa shape index (κ3) is 3.39. The number of aliphatic hydroxyl groups is 1. The number of nitrogens with zero attached hydrogens (tertiary/aromatic N) is 2. The summed E-state index contributed by atoms with van der Waals surface area (Å²) < 4.78 is 0. The van der Waals surface area contributed by atoms with Gasteiger partial charge in [-0.1, -0.05) is 29.8 Å². The first-order valence-electron chi connectivity index (χ1n) is 7.49. The summed E-state index contributed by atoms with van der Waals surface area (Å²) in [4.78, 5) is 29.8. The Balaban J connectivity index is 1.66. The molecule has 3 rings (SSSR count). The number of hydrogen-bond donors (Lipinski definition) is 2. The zero-order valence-corrected chi connectivity index (χ0v) is 13.5. The Kier molecular flexibility index (Phi) is 4.78. The molecule has 1 aliphatic heterocycles. The summed E-state index contributed by atoms with van der Waals surface area (Å²) in [6.07, 6.45) is 1.84. The van der Waals surface area contributed by atoms with E-state index in [-0.39, 0.29) is 18.4 Å². The lowest BCUT2D eigenvalue weighted by atomic mass is 10.1. The summed E-state index contributed by atoms with van der Waals surface area (Å²) in [5.74, 6) is -0.675. The van der Waals surface area contributed by atoms with Crippen LogP contribution in [0, 0.1) is 0 Å². The van der Waals surface area contributed by atoms with E-state index in [9.17, 15) is 14.7 Å². The third-order valence-corrected chi connectivity index (χ3v) is 4.18. The number of pyridine rings is 1. The molecule has 2 heterocycles. The maximum atomic E-state index is 12.2. The molecule has 1 saturated heterocycles. The van der Waals surface area contributed by atoms with Crippen molar-refractivity contribution in [1.29, 1.82) is 0 Å². The van der Waals surface area contributed by atoms with Crippen LogP contribution in [0.25, 0.3) is 0 Å². The number of anilines is 1. The minimum Gasteiger partial charge on any atom is -0.378 e. The van der Waals surface area contributed by atoms with Gasteiger partial charge in [0.1, 0.15) is 0 Å². The van der Waals surface area contributed by atoms with Crippen molar-refractivity contribution in [2.45, 2.75) is 18.6 Å². The van der Waals surface area contributed by atoms with Crippen molar-refractivity contribution in [3.05, 3.63) is 59.4 Å². The van der Waals surface area contributed by atoms with Gasteiger partial charge in [0.05, 0.1) is 16.8 Å². The molecule has 2 unspecified atom stereocenters. The number of benzene rings is 1. The lowest BCUT2D eigenvalue weighted by molar-refractivity contribution is -0.130. The Hall–Kier alpha value is -2.44. The summed E-state index contributed by atoms with van der Waals surface area (Å²) in [7, 11) is 0. The second kappa shape index (κ2) is 6.98. The maximum Gasteiger partial charge on any atom is 0.253 e. The molecule has 2 aromatic rings. The number of aliphatic hydroxyl groups excluding tert-OH is 1. The molecule has 6 nitrogen and oxygen atoms in total. The van der Waals surface area contributed by atoms with Crippen molar-refractivity contribution >= 4 is 29.1 Å². The topological polar surface area (TPSA) is 82.5 Å². The summed E-state index contributed by atoms with van der Waals surface area (Å²) >= 11 is 6.13. The van der Waals surface area contributed by atoms with E-state index in [4.69, 9.17) is 11.6 Å². The van der Waals surface area contributed by atoms with Gasteiger partial charge in [0.15, 0.2) is 6.10 Å². The minimum absolute atomic E-state index is 0.121. The molecule has 2 atom stereocenters. The predicted octanol–water partition coefficient (Wildman–Crippen LogP) is 1.69. The molecule has 0 spiro atoms. The van der Waals surface area contributed by atoms with E-state index >= 15 is 0 Å². The molecule has 7 heteroatoms. The fourth-order valence-electron chi connectivity index (χ4n) is 2.68. The van der Waals surface area contributed by atoms with E-state index in [0.717, 1.165) is 0 Å². The molecular formula is C17H16ClN3O3. The highest BCUT2D eigenvalue weighted by Crippen LogP contribution is 2.29. The average Bonchev–Trinajstić information content (AvgIpc) is 2.95. The van der Waals surface area contributed by atoms with Gasteiger partial charge < -0.3 is 15.3 Å². The van der Waals surface area contributed by atoms with Crippen LogP contribution in [-0.4, -0.2) is 34.5 Å². The van der Waals surface area contributed by atoms with Crippen LogP contribution in [0.1, 0.15) is 18.1 Å². The van der Waals surface area contributed by atoms with Gasteiger partial charge in [-0.15, -0.1) is 0 Å². The first kappa shape index (κ1) is 16.4. The van der Waals surface area contributed by atoms with E-state index in [1.807, 2.05) is 0 Å². The lowest BCUT2D eigenvalue weighted by Crippen LogP contribution is -2.39.